The van der Waals surface area contributed by atoms with E-state index in [9.17, 15) is 9.59 Å². The maximum atomic E-state index is 12.0. The molecule has 0 radical (unpaired) electrons. The third-order valence-electron chi connectivity index (χ3n) is 3.83. The summed E-state index contributed by atoms with van der Waals surface area (Å²) in [5.41, 5.74) is 0.591. The third-order valence-corrected chi connectivity index (χ3v) is 4.29. The van der Waals surface area contributed by atoms with Gasteiger partial charge in [0, 0.05) is 16.2 Å². The van der Waals surface area contributed by atoms with Crippen molar-refractivity contribution in [2.45, 2.75) is 38.6 Å². The van der Waals surface area contributed by atoms with Gasteiger partial charge in [-0.3, -0.25) is 0 Å². The second kappa shape index (κ2) is 6.93. The predicted octanol–water partition coefficient (Wildman–Crippen LogP) is 3.85. The molecule has 6 heteroatoms. The Morgan fingerprint density at radius 3 is 2.62 bits per heavy atom. The van der Waals surface area contributed by atoms with Crippen molar-refractivity contribution in [1.29, 1.82) is 0 Å². The number of halogens is 1. The summed E-state index contributed by atoms with van der Waals surface area (Å²) >= 11 is 3.24. The summed E-state index contributed by atoms with van der Waals surface area (Å²) in [6.45, 7) is 2.14. The summed E-state index contributed by atoms with van der Waals surface area (Å²) in [4.78, 5) is 23.0. The van der Waals surface area contributed by atoms with Gasteiger partial charge in [0.15, 0.2) is 0 Å². The molecule has 0 bridgehead atoms. The first-order valence-corrected chi connectivity index (χ1v) is 7.86. The fourth-order valence-electron chi connectivity index (χ4n) is 2.65. The van der Waals surface area contributed by atoms with E-state index in [1.807, 2.05) is 0 Å². The van der Waals surface area contributed by atoms with Crippen LogP contribution >= 0.6 is 15.9 Å². The van der Waals surface area contributed by atoms with Crippen molar-refractivity contribution >= 4 is 33.6 Å². The van der Waals surface area contributed by atoms with Gasteiger partial charge in [0.05, 0.1) is 5.56 Å². The normalized spacial score (nSPS) is 21.6. The molecular formula is C15H19BrN2O3. The van der Waals surface area contributed by atoms with E-state index >= 15 is 0 Å². The van der Waals surface area contributed by atoms with Crippen LogP contribution in [0.3, 0.4) is 0 Å². The van der Waals surface area contributed by atoms with E-state index < -0.39 is 5.97 Å². The van der Waals surface area contributed by atoms with E-state index in [0.717, 1.165) is 19.3 Å². The topological polar surface area (TPSA) is 78.4 Å². The van der Waals surface area contributed by atoms with Crippen molar-refractivity contribution in [2.24, 2.45) is 5.92 Å². The van der Waals surface area contributed by atoms with Crippen molar-refractivity contribution in [3.05, 3.63) is 28.2 Å². The molecule has 1 saturated carbocycles. The number of anilines is 1. The maximum Gasteiger partial charge on any atom is 0.335 e. The Hall–Kier alpha value is -1.56. The minimum Gasteiger partial charge on any atom is -0.478 e. The van der Waals surface area contributed by atoms with E-state index in [0.29, 0.717) is 16.1 Å². The smallest absolute Gasteiger partial charge is 0.335 e. The van der Waals surface area contributed by atoms with Crippen LogP contribution in [0.2, 0.25) is 0 Å². The summed E-state index contributed by atoms with van der Waals surface area (Å²) < 4.78 is 0.615. The Kier molecular flexibility index (Phi) is 5.22. The van der Waals surface area contributed by atoms with Crippen LogP contribution in [-0.2, 0) is 0 Å². The molecule has 114 valence electrons. The summed E-state index contributed by atoms with van der Waals surface area (Å²) in [5, 5.41) is 14.7. The van der Waals surface area contributed by atoms with Gasteiger partial charge in [-0.05, 0) is 37.0 Å². The van der Waals surface area contributed by atoms with Gasteiger partial charge in [-0.25, -0.2) is 9.59 Å². The largest absolute Gasteiger partial charge is 0.478 e. The number of aromatic carboxylic acids is 1. The lowest BCUT2D eigenvalue weighted by Crippen LogP contribution is -2.43. The first kappa shape index (κ1) is 15.8. The molecule has 0 aromatic heterocycles. The van der Waals surface area contributed by atoms with E-state index in [1.54, 1.807) is 6.07 Å². The Morgan fingerprint density at radius 1 is 1.24 bits per heavy atom. The van der Waals surface area contributed by atoms with Gasteiger partial charge >= 0.3 is 12.0 Å². The number of carboxylic acids is 1. The number of hydrogen-bond acceptors (Lipinski definition) is 2. The van der Waals surface area contributed by atoms with Gasteiger partial charge in [-0.1, -0.05) is 35.7 Å². The van der Waals surface area contributed by atoms with Crippen LogP contribution in [-0.4, -0.2) is 23.1 Å². The molecule has 0 aliphatic heterocycles. The Bertz CT molecular complexity index is 548. The zero-order valence-corrected chi connectivity index (χ0v) is 13.4. The van der Waals surface area contributed by atoms with Crippen molar-refractivity contribution in [3.63, 3.8) is 0 Å². The van der Waals surface area contributed by atoms with Crippen LogP contribution in [0.25, 0.3) is 0 Å². The number of amides is 2. The SMILES string of the molecule is CC1CCCCC1NC(=O)Nc1cc(Br)cc(C(=O)O)c1. The van der Waals surface area contributed by atoms with E-state index in [2.05, 4.69) is 33.5 Å². The molecule has 2 atom stereocenters. The van der Waals surface area contributed by atoms with Gasteiger partial charge in [0.25, 0.3) is 0 Å². The van der Waals surface area contributed by atoms with Crippen molar-refractivity contribution in [1.82, 2.24) is 5.32 Å². The molecule has 1 aliphatic rings. The number of carbonyl (C=O) groups excluding carboxylic acids is 1. The molecule has 0 heterocycles. The monoisotopic (exact) mass is 354 g/mol. The number of carboxylic acid groups (broad SMARTS) is 1. The molecule has 0 saturated heterocycles. The minimum atomic E-state index is -1.03. The molecule has 1 aromatic carbocycles. The van der Waals surface area contributed by atoms with E-state index in [1.165, 1.54) is 18.6 Å². The number of nitrogens with one attached hydrogen (secondary N) is 2. The molecule has 0 spiro atoms. The third kappa shape index (κ3) is 4.46. The quantitative estimate of drug-likeness (QED) is 0.771. The molecule has 3 N–H and O–H groups in total. The van der Waals surface area contributed by atoms with Gasteiger partial charge in [0.1, 0.15) is 0 Å². The highest BCUT2D eigenvalue weighted by atomic mass is 79.9. The van der Waals surface area contributed by atoms with Gasteiger partial charge < -0.3 is 15.7 Å². The lowest BCUT2D eigenvalue weighted by Gasteiger charge is -2.29. The molecule has 21 heavy (non-hydrogen) atoms. The molecule has 2 unspecified atom stereocenters. The zero-order valence-electron chi connectivity index (χ0n) is 11.9. The second-order valence-corrected chi connectivity index (χ2v) is 6.42. The lowest BCUT2D eigenvalue weighted by atomic mass is 9.86. The second-order valence-electron chi connectivity index (χ2n) is 5.50. The van der Waals surface area contributed by atoms with E-state index in [-0.39, 0.29) is 17.6 Å². The summed E-state index contributed by atoms with van der Waals surface area (Å²) in [5.74, 6) is -0.553. The van der Waals surface area contributed by atoms with Crippen LogP contribution in [0.15, 0.2) is 22.7 Å². The maximum absolute atomic E-state index is 12.0. The molecule has 5 nitrogen and oxygen atoms in total. The van der Waals surface area contributed by atoms with Gasteiger partial charge in [0.2, 0.25) is 0 Å². The van der Waals surface area contributed by atoms with Gasteiger partial charge in [-0.15, -0.1) is 0 Å². The first-order chi connectivity index (χ1) is 9.95. The fourth-order valence-corrected chi connectivity index (χ4v) is 3.14. The van der Waals surface area contributed by atoms with Crippen LogP contribution in [0.5, 0.6) is 0 Å². The van der Waals surface area contributed by atoms with E-state index in [4.69, 9.17) is 5.11 Å². The minimum absolute atomic E-state index is 0.130. The standard InChI is InChI=1S/C15H19BrN2O3/c1-9-4-2-3-5-13(9)18-15(21)17-12-7-10(14(19)20)6-11(16)8-12/h6-9,13H,2-5H2,1H3,(H,19,20)(H2,17,18,21). The predicted molar refractivity (Wildman–Crippen MR) is 84.7 cm³/mol. The number of rotatable bonds is 3. The van der Waals surface area contributed by atoms with Crippen molar-refractivity contribution in [2.75, 3.05) is 5.32 Å². The Balaban J connectivity index is 2.00. The zero-order chi connectivity index (χ0) is 15.4. The number of hydrogen-bond donors (Lipinski definition) is 3. The highest BCUT2D eigenvalue weighted by molar-refractivity contribution is 9.10. The molecule has 1 aromatic rings. The highest BCUT2D eigenvalue weighted by Gasteiger charge is 2.22. The van der Waals surface area contributed by atoms with Crippen LogP contribution in [0, 0.1) is 5.92 Å². The lowest BCUT2D eigenvalue weighted by molar-refractivity contribution is 0.0697. The van der Waals surface area contributed by atoms with Crippen LogP contribution in [0.1, 0.15) is 43.0 Å². The first-order valence-electron chi connectivity index (χ1n) is 7.07. The fraction of sp³-hybridized carbons (Fsp3) is 0.467. The van der Waals surface area contributed by atoms with Crippen molar-refractivity contribution in [3.8, 4) is 0 Å². The summed E-state index contributed by atoms with van der Waals surface area (Å²) in [6.07, 6.45) is 4.47. The summed E-state index contributed by atoms with van der Waals surface area (Å²) in [6, 6.07) is 4.51. The van der Waals surface area contributed by atoms with Crippen LogP contribution < -0.4 is 10.6 Å². The molecule has 2 amide bonds. The average Bonchev–Trinajstić information content (AvgIpc) is 2.40. The van der Waals surface area contributed by atoms with Gasteiger partial charge in [-0.2, -0.15) is 0 Å². The molecule has 1 fully saturated rings. The molecular weight excluding hydrogens is 336 g/mol. The number of urea groups is 1. The summed E-state index contributed by atoms with van der Waals surface area (Å²) in [7, 11) is 0. The van der Waals surface area contributed by atoms with Crippen LogP contribution in [0.4, 0.5) is 10.5 Å². The molecule has 1 aliphatic carbocycles. The molecule has 2 rings (SSSR count). The van der Waals surface area contributed by atoms with Crippen molar-refractivity contribution < 1.29 is 14.7 Å². The average molecular weight is 355 g/mol. The highest BCUT2D eigenvalue weighted by Crippen LogP contribution is 2.24. The number of carbonyl (C=O) groups is 2. The Labute approximate surface area is 132 Å². The number of benzene rings is 1. The Morgan fingerprint density at radius 2 is 1.95 bits per heavy atom.